The largest absolute Gasteiger partial charge is 0.192 e. The molecule has 2 rings (SSSR count). The third-order valence-electron chi connectivity index (χ3n) is 3.10. The van der Waals surface area contributed by atoms with Crippen molar-refractivity contribution in [1.29, 1.82) is 21.0 Å². The van der Waals surface area contributed by atoms with E-state index in [0.29, 0.717) is 11.1 Å². The van der Waals surface area contributed by atoms with E-state index in [2.05, 4.69) is 0 Å². The molecule has 2 aliphatic rings. The molecule has 0 spiro atoms. The maximum Gasteiger partial charge on any atom is 0.133 e. The van der Waals surface area contributed by atoms with Crippen molar-refractivity contribution in [1.82, 2.24) is 0 Å². The van der Waals surface area contributed by atoms with Gasteiger partial charge in [0.15, 0.2) is 0 Å². The van der Waals surface area contributed by atoms with E-state index < -0.39 is 0 Å². The number of nitrogens with zero attached hydrogens (tertiary/aromatic N) is 4. The van der Waals surface area contributed by atoms with Crippen LogP contribution in [0, 0.1) is 57.2 Å². The van der Waals surface area contributed by atoms with Crippen molar-refractivity contribution >= 4 is 0 Å². The van der Waals surface area contributed by atoms with Crippen molar-refractivity contribution in [2.75, 3.05) is 0 Å². The Kier molecular flexibility index (Phi) is 2.80. The van der Waals surface area contributed by atoms with Gasteiger partial charge in [0.25, 0.3) is 0 Å². The van der Waals surface area contributed by atoms with Crippen LogP contribution in [-0.4, -0.2) is 0 Å². The van der Waals surface area contributed by atoms with E-state index in [4.69, 9.17) is 21.0 Å². The molecule has 2 atom stereocenters. The Labute approximate surface area is 104 Å². The van der Waals surface area contributed by atoms with Crippen molar-refractivity contribution < 1.29 is 0 Å². The average molecular weight is 230 g/mol. The molecule has 2 aliphatic carbocycles. The van der Waals surface area contributed by atoms with E-state index in [0.717, 1.165) is 0 Å². The Balaban J connectivity index is 2.50. The Morgan fingerprint density at radius 3 is 1.33 bits per heavy atom. The SMILES string of the molecule is N#CC(C#N)=C1C=C[C@H]2C(=C(C#N)C#N)C=C[C@@H]12. The molecule has 18 heavy (non-hydrogen) atoms. The van der Waals surface area contributed by atoms with E-state index in [-0.39, 0.29) is 23.0 Å². The number of hydrogen-bond acceptors (Lipinski definition) is 4. The van der Waals surface area contributed by atoms with Crippen molar-refractivity contribution in [3.8, 4) is 24.3 Å². The highest BCUT2D eigenvalue weighted by Crippen LogP contribution is 2.43. The molecule has 4 heteroatoms. The van der Waals surface area contributed by atoms with Crippen LogP contribution in [0.3, 0.4) is 0 Å². The molecule has 82 valence electrons. The highest BCUT2D eigenvalue weighted by Gasteiger charge is 2.34. The summed E-state index contributed by atoms with van der Waals surface area (Å²) in [5.41, 5.74) is 1.48. The summed E-state index contributed by atoms with van der Waals surface area (Å²) in [6.07, 6.45) is 7.12. The van der Waals surface area contributed by atoms with Gasteiger partial charge < -0.3 is 0 Å². The molecular formula is C14H6N4. The van der Waals surface area contributed by atoms with Gasteiger partial charge in [0, 0.05) is 11.8 Å². The zero-order valence-electron chi connectivity index (χ0n) is 9.25. The highest BCUT2D eigenvalue weighted by atomic mass is 14.4. The first kappa shape index (κ1) is 11.4. The van der Waals surface area contributed by atoms with Gasteiger partial charge in [-0.1, -0.05) is 24.3 Å². The van der Waals surface area contributed by atoms with Crippen molar-refractivity contribution in [2.45, 2.75) is 0 Å². The van der Waals surface area contributed by atoms with Crippen molar-refractivity contribution in [3.63, 3.8) is 0 Å². The lowest BCUT2D eigenvalue weighted by Gasteiger charge is -2.11. The standard InChI is InChI=1S/C14H6N4/c15-5-9(6-16)11-1-3-13-12(2-4-14(11)13)10(7-17)8-18/h1-4,13-14H/t13-,14-/m0/s1. The van der Waals surface area contributed by atoms with Gasteiger partial charge in [0.1, 0.15) is 35.4 Å². The van der Waals surface area contributed by atoms with Gasteiger partial charge in [-0.25, -0.2) is 0 Å². The fraction of sp³-hybridized carbons (Fsp3) is 0.143. The van der Waals surface area contributed by atoms with E-state index in [1.807, 2.05) is 36.4 Å². The summed E-state index contributed by atoms with van der Waals surface area (Å²) in [4.78, 5) is 0. The molecule has 4 nitrogen and oxygen atoms in total. The van der Waals surface area contributed by atoms with Crippen LogP contribution >= 0.6 is 0 Å². The van der Waals surface area contributed by atoms with E-state index in [1.165, 1.54) is 0 Å². The van der Waals surface area contributed by atoms with Gasteiger partial charge in [-0.3, -0.25) is 0 Å². The number of nitriles is 4. The lowest BCUT2D eigenvalue weighted by Crippen LogP contribution is -2.05. The second kappa shape index (κ2) is 4.42. The summed E-state index contributed by atoms with van der Waals surface area (Å²) < 4.78 is 0. The number of fused-ring (bicyclic) bond motifs is 1. The molecule has 0 bridgehead atoms. The molecule has 0 aromatic carbocycles. The maximum atomic E-state index is 8.87. The third kappa shape index (κ3) is 1.51. The number of hydrogen-bond donors (Lipinski definition) is 0. The highest BCUT2D eigenvalue weighted by molar-refractivity contribution is 5.58. The molecule has 0 saturated heterocycles. The Hall–Kier alpha value is -3.08. The fourth-order valence-electron chi connectivity index (χ4n) is 2.28. The van der Waals surface area contributed by atoms with Crippen LogP contribution in [0.5, 0.6) is 0 Å². The zero-order chi connectivity index (χ0) is 13.1. The maximum absolute atomic E-state index is 8.87. The van der Waals surface area contributed by atoms with Gasteiger partial charge in [-0.05, 0) is 11.1 Å². The first-order valence-electron chi connectivity index (χ1n) is 5.22. The number of allylic oxidation sites excluding steroid dienone is 8. The van der Waals surface area contributed by atoms with Crippen LogP contribution in [0.2, 0.25) is 0 Å². The zero-order valence-corrected chi connectivity index (χ0v) is 9.25. The molecule has 0 amide bonds. The smallest absolute Gasteiger partial charge is 0.133 e. The lowest BCUT2D eigenvalue weighted by molar-refractivity contribution is 0.687. The molecule has 0 saturated carbocycles. The van der Waals surface area contributed by atoms with Gasteiger partial charge in [-0.15, -0.1) is 0 Å². The second-order valence-corrected chi connectivity index (χ2v) is 3.88. The van der Waals surface area contributed by atoms with Gasteiger partial charge in [0.05, 0.1) is 0 Å². The summed E-state index contributed by atoms with van der Waals surface area (Å²) in [7, 11) is 0. The molecular weight excluding hydrogens is 224 g/mol. The summed E-state index contributed by atoms with van der Waals surface area (Å²) >= 11 is 0. The average Bonchev–Trinajstić information content (AvgIpc) is 2.96. The van der Waals surface area contributed by atoms with Gasteiger partial charge in [-0.2, -0.15) is 21.0 Å². The van der Waals surface area contributed by atoms with Crippen LogP contribution in [0.25, 0.3) is 0 Å². The summed E-state index contributed by atoms with van der Waals surface area (Å²) in [6.45, 7) is 0. The van der Waals surface area contributed by atoms with Gasteiger partial charge in [0.2, 0.25) is 0 Å². The quantitative estimate of drug-likeness (QED) is 0.595. The van der Waals surface area contributed by atoms with Crippen molar-refractivity contribution in [2.24, 2.45) is 11.8 Å². The molecule has 0 aromatic heterocycles. The molecule has 0 heterocycles. The van der Waals surface area contributed by atoms with E-state index >= 15 is 0 Å². The van der Waals surface area contributed by atoms with Crippen LogP contribution in [0.1, 0.15) is 0 Å². The third-order valence-corrected chi connectivity index (χ3v) is 3.10. The topological polar surface area (TPSA) is 95.2 Å². The molecule has 0 unspecified atom stereocenters. The minimum Gasteiger partial charge on any atom is -0.192 e. The Bertz CT molecular complexity index is 596. The minimum atomic E-state index is -0.106. The predicted octanol–water partition coefficient (Wildman–Crippen LogP) is 2.05. The van der Waals surface area contributed by atoms with E-state index in [9.17, 15) is 0 Å². The fourth-order valence-corrected chi connectivity index (χ4v) is 2.28. The molecule has 0 fully saturated rings. The summed E-state index contributed by atoms with van der Waals surface area (Å²) in [5, 5.41) is 35.5. The first-order chi connectivity index (χ1) is 8.76. The van der Waals surface area contributed by atoms with Crippen LogP contribution in [0.4, 0.5) is 0 Å². The summed E-state index contributed by atoms with van der Waals surface area (Å²) in [5.74, 6) is -0.211. The normalized spacial score (nSPS) is 22.7. The molecule has 0 radical (unpaired) electrons. The molecule has 0 aromatic rings. The Morgan fingerprint density at radius 2 is 1.06 bits per heavy atom. The van der Waals surface area contributed by atoms with Crippen LogP contribution < -0.4 is 0 Å². The molecule has 0 aliphatic heterocycles. The summed E-state index contributed by atoms with van der Waals surface area (Å²) in [6, 6.07) is 7.46. The lowest BCUT2D eigenvalue weighted by atomic mass is 9.89. The van der Waals surface area contributed by atoms with Gasteiger partial charge >= 0.3 is 0 Å². The Morgan fingerprint density at radius 1 is 0.722 bits per heavy atom. The van der Waals surface area contributed by atoms with Crippen LogP contribution in [0.15, 0.2) is 46.6 Å². The molecule has 0 N–H and O–H groups in total. The second-order valence-electron chi connectivity index (χ2n) is 3.88. The number of rotatable bonds is 0. The van der Waals surface area contributed by atoms with E-state index in [1.54, 1.807) is 12.2 Å². The predicted molar refractivity (Wildman–Crippen MR) is 61.8 cm³/mol. The minimum absolute atomic E-state index is 0.0834. The van der Waals surface area contributed by atoms with Crippen LogP contribution in [-0.2, 0) is 0 Å². The van der Waals surface area contributed by atoms with Crippen molar-refractivity contribution in [3.05, 3.63) is 46.6 Å². The monoisotopic (exact) mass is 230 g/mol. The first-order valence-corrected chi connectivity index (χ1v) is 5.22.